The summed E-state index contributed by atoms with van der Waals surface area (Å²) in [5.41, 5.74) is 2.92. The van der Waals surface area contributed by atoms with Gasteiger partial charge in [-0.3, -0.25) is 4.40 Å². The molecular formula is C12H8BrN5O. The fourth-order valence-electron chi connectivity index (χ4n) is 2.01. The van der Waals surface area contributed by atoms with Gasteiger partial charge in [0.05, 0.1) is 12.8 Å². The maximum Gasteiger partial charge on any atom is 0.215 e. The number of hydrogen-bond donors (Lipinski definition) is 0. The van der Waals surface area contributed by atoms with Crippen LogP contribution in [0.4, 0.5) is 0 Å². The van der Waals surface area contributed by atoms with Crippen LogP contribution in [0.3, 0.4) is 0 Å². The maximum atomic E-state index is 9.22. The van der Waals surface area contributed by atoms with Crippen molar-refractivity contribution >= 4 is 32.6 Å². The lowest BCUT2D eigenvalue weighted by Gasteiger charge is -2.05. The fourth-order valence-corrected chi connectivity index (χ4v) is 2.62. The van der Waals surface area contributed by atoms with Crippen molar-refractivity contribution in [1.82, 2.24) is 19.4 Å². The molecule has 0 bridgehead atoms. The van der Waals surface area contributed by atoms with E-state index in [0.717, 1.165) is 5.69 Å². The van der Waals surface area contributed by atoms with Crippen molar-refractivity contribution in [1.29, 1.82) is 5.26 Å². The van der Waals surface area contributed by atoms with E-state index in [9.17, 15) is 5.26 Å². The van der Waals surface area contributed by atoms with Gasteiger partial charge in [-0.25, -0.2) is 9.97 Å². The van der Waals surface area contributed by atoms with Gasteiger partial charge in [0, 0.05) is 6.07 Å². The molecule has 0 aliphatic rings. The lowest BCUT2D eigenvalue weighted by Crippen LogP contribution is -2.00. The van der Waals surface area contributed by atoms with Gasteiger partial charge < -0.3 is 4.74 Å². The van der Waals surface area contributed by atoms with Gasteiger partial charge in [-0.15, -0.1) is 0 Å². The quantitative estimate of drug-likeness (QED) is 0.688. The van der Waals surface area contributed by atoms with E-state index in [2.05, 4.69) is 37.0 Å². The minimum atomic E-state index is 0.329. The summed E-state index contributed by atoms with van der Waals surface area (Å²) in [6.07, 6.45) is 0. The average Bonchev–Trinajstić information content (AvgIpc) is 2.73. The first-order valence-electron chi connectivity index (χ1n) is 5.45. The van der Waals surface area contributed by atoms with Crippen LogP contribution in [0, 0.1) is 18.3 Å². The van der Waals surface area contributed by atoms with Gasteiger partial charge in [0.15, 0.2) is 16.1 Å². The van der Waals surface area contributed by atoms with Gasteiger partial charge in [0.1, 0.15) is 17.1 Å². The Morgan fingerprint density at radius 2 is 2.11 bits per heavy atom. The van der Waals surface area contributed by atoms with E-state index in [0.29, 0.717) is 33.0 Å². The summed E-state index contributed by atoms with van der Waals surface area (Å²) < 4.78 is 7.47. The molecule has 7 heteroatoms. The van der Waals surface area contributed by atoms with Gasteiger partial charge in [-0.1, -0.05) is 0 Å². The monoisotopic (exact) mass is 317 g/mol. The number of halogens is 1. The molecule has 3 rings (SSSR count). The normalized spacial score (nSPS) is 10.8. The van der Waals surface area contributed by atoms with Crippen LogP contribution in [0.5, 0.6) is 5.88 Å². The lowest BCUT2D eigenvalue weighted by molar-refractivity contribution is 0.399. The number of pyridine rings is 1. The summed E-state index contributed by atoms with van der Waals surface area (Å²) in [6.45, 7) is 1.83. The number of imidazole rings is 1. The number of fused-ring (bicyclic) bond motifs is 3. The van der Waals surface area contributed by atoms with E-state index in [-0.39, 0.29) is 0 Å². The van der Waals surface area contributed by atoms with Gasteiger partial charge in [0.25, 0.3) is 0 Å². The van der Waals surface area contributed by atoms with E-state index in [1.165, 1.54) is 0 Å². The molecule has 0 aliphatic carbocycles. The molecular weight excluding hydrogens is 310 g/mol. The summed E-state index contributed by atoms with van der Waals surface area (Å²) in [4.78, 5) is 13.0. The molecule has 0 fully saturated rings. The predicted molar refractivity (Wildman–Crippen MR) is 72.0 cm³/mol. The first-order valence-corrected chi connectivity index (χ1v) is 6.24. The average molecular weight is 318 g/mol. The van der Waals surface area contributed by atoms with Crippen molar-refractivity contribution in [3.8, 4) is 11.9 Å². The van der Waals surface area contributed by atoms with Gasteiger partial charge >= 0.3 is 0 Å². The molecule has 0 radical (unpaired) electrons. The Morgan fingerprint density at radius 3 is 2.79 bits per heavy atom. The highest BCUT2D eigenvalue weighted by atomic mass is 79.9. The summed E-state index contributed by atoms with van der Waals surface area (Å²) >= 11 is 3.38. The minimum Gasteiger partial charge on any atom is -0.481 e. The lowest BCUT2D eigenvalue weighted by atomic mass is 10.3. The molecule has 3 aromatic rings. The van der Waals surface area contributed by atoms with Crippen LogP contribution in [-0.4, -0.2) is 26.5 Å². The number of ether oxygens (including phenoxy) is 1. The standard InChI is InChI=1S/C12H8BrN5O/c1-6-10-8(5-14)16-7-3-4-9(19-2)17-11(7)18(10)12(13)15-6/h3-4H,1-2H3. The molecule has 19 heavy (non-hydrogen) atoms. The number of methoxy groups -OCH3 is 1. The van der Waals surface area contributed by atoms with E-state index in [4.69, 9.17) is 4.74 Å². The smallest absolute Gasteiger partial charge is 0.215 e. The van der Waals surface area contributed by atoms with Crippen molar-refractivity contribution in [3.63, 3.8) is 0 Å². The van der Waals surface area contributed by atoms with Crippen LogP contribution in [0.2, 0.25) is 0 Å². The summed E-state index contributed by atoms with van der Waals surface area (Å²) in [6, 6.07) is 5.57. The summed E-state index contributed by atoms with van der Waals surface area (Å²) in [5, 5.41) is 9.22. The molecule has 0 N–H and O–H groups in total. The molecule has 0 aromatic carbocycles. The molecule has 94 valence electrons. The Bertz CT molecular complexity index is 849. The van der Waals surface area contributed by atoms with Gasteiger partial charge in [-0.2, -0.15) is 10.2 Å². The molecule has 0 spiro atoms. The predicted octanol–water partition coefficient (Wildman–Crippen LogP) is 2.23. The number of nitrogens with zero attached hydrogens (tertiary/aromatic N) is 5. The topological polar surface area (TPSA) is 76.1 Å². The molecule has 6 nitrogen and oxygen atoms in total. The Hall–Kier alpha value is -2.20. The van der Waals surface area contributed by atoms with Crippen LogP contribution in [-0.2, 0) is 0 Å². The SMILES string of the molecule is COc1ccc2nc(C#N)c3c(C)nc(Br)n3c2n1. The Labute approximate surface area is 116 Å². The Kier molecular flexibility index (Phi) is 2.61. The zero-order chi connectivity index (χ0) is 13.6. The second kappa shape index (κ2) is 4.17. The minimum absolute atomic E-state index is 0.329. The van der Waals surface area contributed by atoms with Crippen LogP contribution >= 0.6 is 15.9 Å². The number of rotatable bonds is 1. The molecule has 0 amide bonds. The third-order valence-corrected chi connectivity index (χ3v) is 3.36. The molecule has 0 atom stereocenters. The third-order valence-electron chi connectivity index (χ3n) is 2.82. The number of aromatic nitrogens is 4. The molecule has 0 unspecified atom stereocenters. The third kappa shape index (κ3) is 1.64. The highest BCUT2D eigenvalue weighted by Gasteiger charge is 2.16. The van der Waals surface area contributed by atoms with Crippen molar-refractivity contribution in [3.05, 3.63) is 28.3 Å². The zero-order valence-electron chi connectivity index (χ0n) is 10.2. The van der Waals surface area contributed by atoms with Crippen LogP contribution < -0.4 is 4.74 Å². The Morgan fingerprint density at radius 1 is 1.32 bits per heavy atom. The van der Waals surface area contributed by atoms with E-state index in [1.54, 1.807) is 23.6 Å². The van der Waals surface area contributed by atoms with Gasteiger partial charge in [0.2, 0.25) is 5.88 Å². The molecule has 3 aromatic heterocycles. The van der Waals surface area contributed by atoms with E-state index in [1.807, 2.05) is 6.92 Å². The second-order valence-corrected chi connectivity index (χ2v) is 4.63. The number of hydrogen-bond acceptors (Lipinski definition) is 5. The van der Waals surface area contributed by atoms with Crippen molar-refractivity contribution < 1.29 is 4.74 Å². The molecule has 0 saturated heterocycles. The van der Waals surface area contributed by atoms with Crippen LogP contribution in [0.25, 0.3) is 16.7 Å². The van der Waals surface area contributed by atoms with Gasteiger partial charge in [-0.05, 0) is 28.9 Å². The molecule has 0 saturated carbocycles. The number of nitriles is 1. The van der Waals surface area contributed by atoms with E-state index < -0.39 is 0 Å². The summed E-state index contributed by atoms with van der Waals surface area (Å²) in [5.74, 6) is 0.485. The molecule has 3 heterocycles. The highest BCUT2D eigenvalue weighted by molar-refractivity contribution is 9.10. The fraction of sp³-hybridized carbons (Fsp3) is 0.167. The first kappa shape index (κ1) is 11.9. The van der Waals surface area contributed by atoms with Crippen LogP contribution in [0.15, 0.2) is 16.9 Å². The zero-order valence-corrected chi connectivity index (χ0v) is 11.8. The summed E-state index contributed by atoms with van der Waals surface area (Å²) in [7, 11) is 1.55. The van der Waals surface area contributed by atoms with Crippen molar-refractivity contribution in [2.24, 2.45) is 0 Å². The van der Waals surface area contributed by atoms with E-state index >= 15 is 0 Å². The largest absolute Gasteiger partial charge is 0.481 e. The second-order valence-electron chi connectivity index (χ2n) is 3.92. The van der Waals surface area contributed by atoms with Crippen LogP contribution in [0.1, 0.15) is 11.4 Å². The molecule has 0 aliphatic heterocycles. The highest BCUT2D eigenvalue weighted by Crippen LogP contribution is 2.25. The Balaban J connectivity index is 2.59. The maximum absolute atomic E-state index is 9.22. The van der Waals surface area contributed by atoms with Crippen molar-refractivity contribution in [2.75, 3.05) is 7.11 Å². The van der Waals surface area contributed by atoms with Crippen molar-refractivity contribution in [2.45, 2.75) is 6.92 Å². The first-order chi connectivity index (χ1) is 9.15. The number of aryl methyl sites for hydroxylation is 1.